The lowest BCUT2D eigenvalue weighted by atomic mass is 10.2. The average Bonchev–Trinajstić information content (AvgIpc) is 2.15. The average molecular weight is 246 g/mol. The maximum atomic E-state index is 5.23. The van der Waals surface area contributed by atoms with Crippen LogP contribution in [0, 0.1) is 0 Å². The summed E-state index contributed by atoms with van der Waals surface area (Å²) in [6.45, 7) is 3.70. The van der Waals surface area contributed by atoms with Crippen molar-refractivity contribution in [2.75, 3.05) is 0 Å². The highest BCUT2D eigenvalue weighted by Gasteiger charge is 2.01. The van der Waals surface area contributed by atoms with Crippen molar-refractivity contribution in [2.45, 2.75) is 20.3 Å². The Balaban J connectivity index is 4.51. The SMILES string of the molecule is CCC(=N/NC(N)=S)/C(C)=N\NC(N)=S. The third kappa shape index (κ3) is 6.75. The van der Waals surface area contributed by atoms with Crippen LogP contribution in [-0.2, 0) is 0 Å². The van der Waals surface area contributed by atoms with Gasteiger partial charge in [-0.25, -0.2) is 0 Å². The van der Waals surface area contributed by atoms with Crippen LogP contribution in [-0.4, -0.2) is 21.6 Å². The Morgan fingerprint density at radius 3 is 2.00 bits per heavy atom. The molecule has 0 fully saturated rings. The van der Waals surface area contributed by atoms with Gasteiger partial charge in [0.2, 0.25) is 0 Å². The minimum atomic E-state index is 0.104. The summed E-state index contributed by atoms with van der Waals surface area (Å²) in [6.07, 6.45) is 0.684. The summed E-state index contributed by atoms with van der Waals surface area (Å²) >= 11 is 9.22. The van der Waals surface area contributed by atoms with Crippen molar-refractivity contribution < 1.29 is 0 Å². The molecule has 0 aliphatic carbocycles. The first-order chi connectivity index (χ1) is 6.97. The number of hydrazone groups is 2. The van der Waals surface area contributed by atoms with Gasteiger partial charge in [-0.15, -0.1) is 0 Å². The first kappa shape index (κ1) is 13.7. The van der Waals surface area contributed by atoms with Crippen LogP contribution in [0.1, 0.15) is 20.3 Å². The van der Waals surface area contributed by atoms with Gasteiger partial charge in [0.05, 0.1) is 11.4 Å². The van der Waals surface area contributed by atoms with Crippen molar-refractivity contribution in [1.29, 1.82) is 0 Å². The largest absolute Gasteiger partial charge is 0.375 e. The summed E-state index contributed by atoms with van der Waals surface area (Å²) in [5.41, 5.74) is 16.8. The molecule has 6 nitrogen and oxygen atoms in total. The van der Waals surface area contributed by atoms with Crippen LogP contribution in [0.25, 0.3) is 0 Å². The predicted molar refractivity (Wildman–Crippen MR) is 70.7 cm³/mol. The molecule has 0 rings (SSSR count). The van der Waals surface area contributed by atoms with Crippen LogP contribution in [0.5, 0.6) is 0 Å². The van der Waals surface area contributed by atoms with Crippen molar-refractivity contribution in [3.8, 4) is 0 Å². The Morgan fingerprint density at radius 1 is 1.13 bits per heavy atom. The lowest BCUT2D eigenvalue weighted by molar-refractivity contribution is 1.01. The fourth-order valence-corrected chi connectivity index (χ4v) is 0.833. The van der Waals surface area contributed by atoms with Crippen molar-refractivity contribution in [1.82, 2.24) is 10.9 Å². The molecule has 0 aromatic heterocycles. The van der Waals surface area contributed by atoms with Gasteiger partial charge in [0.25, 0.3) is 0 Å². The molecule has 84 valence electrons. The molecule has 0 aromatic rings. The summed E-state index contributed by atoms with van der Waals surface area (Å²) in [5, 5.41) is 8.09. The third-order valence-corrected chi connectivity index (χ3v) is 1.57. The molecule has 0 aromatic carbocycles. The fraction of sp³-hybridized carbons (Fsp3) is 0.429. The molecule has 8 heteroatoms. The molecule has 0 aliphatic rings. The molecule has 0 atom stereocenters. The topological polar surface area (TPSA) is 101 Å². The molecule has 0 heterocycles. The second-order valence-electron chi connectivity index (χ2n) is 2.56. The van der Waals surface area contributed by atoms with Crippen molar-refractivity contribution in [3.05, 3.63) is 0 Å². The molecular weight excluding hydrogens is 232 g/mol. The Labute approximate surface area is 99.2 Å². The van der Waals surface area contributed by atoms with E-state index in [0.29, 0.717) is 17.8 Å². The quantitative estimate of drug-likeness (QED) is 0.311. The highest BCUT2D eigenvalue weighted by molar-refractivity contribution is 7.80. The minimum absolute atomic E-state index is 0.104. The Morgan fingerprint density at radius 2 is 1.60 bits per heavy atom. The predicted octanol–water partition coefficient (Wildman–Crippen LogP) is -0.205. The summed E-state index contributed by atoms with van der Waals surface area (Å²) < 4.78 is 0. The zero-order chi connectivity index (χ0) is 11.8. The van der Waals surface area contributed by atoms with Crippen LogP contribution in [0.15, 0.2) is 10.2 Å². The second kappa shape index (κ2) is 7.07. The van der Waals surface area contributed by atoms with E-state index in [1.165, 1.54) is 0 Å². The molecular formula is C7H14N6S2. The first-order valence-electron chi connectivity index (χ1n) is 4.19. The van der Waals surface area contributed by atoms with Crippen LogP contribution in [0.3, 0.4) is 0 Å². The molecule has 0 aliphatic heterocycles. The van der Waals surface area contributed by atoms with Gasteiger partial charge in [0.1, 0.15) is 0 Å². The lowest BCUT2D eigenvalue weighted by Gasteiger charge is -2.04. The second-order valence-corrected chi connectivity index (χ2v) is 3.44. The number of hydrogen-bond acceptors (Lipinski definition) is 4. The van der Waals surface area contributed by atoms with Crippen LogP contribution < -0.4 is 22.3 Å². The summed E-state index contributed by atoms with van der Waals surface area (Å²) in [6, 6.07) is 0. The maximum absolute atomic E-state index is 5.23. The molecule has 0 amide bonds. The standard InChI is InChI=1S/C7H14N6S2/c1-3-5(11-13-7(9)15)4(2)10-12-6(8)14/h3H2,1-2H3,(H3,8,12,14)(H3,9,13,15)/b10-4-,11-5-. The zero-order valence-corrected chi connectivity index (χ0v) is 10.2. The van der Waals surface area contributed by atoms with E-state index in [2.05, 4.69) is 45.5 Å². The molecule has 0 radical (unpaired) electrons. The van der Waals surface area contributed by atoms with E-state index in [4.69, 9.17) is 11.5 Å². The van der Waals surface area contributed by atoms with Crippen LogP contribution in [0.2, 0.25) is 0 Å². The van der Waals surface area contributed by atoms with Crippen molar-refractivity contribution in [3.63, 3.8) is 0 Å². The number of hydrogen-bond donors (Lipinski definition) is 4. The van der Waals surface area contributed by atoms with E-state index in [-0.39, 0.29) is 10.2 Å². The number of nitrogens with zero attached hydrogens (tertiary/aromatic N) is 2. The fourth-order valence-electron chi connectivity index (χ4n) is 0.742. The number of nitrogens with two attached hydrogens (primary N) is 2. The van der Waals surface area contributed by atoms with Crippen molar-refractivity contribution in [2.24, 2.45) is 21.7 Å². The first-order valence-corrected chi connectivity index (χ1v) is 5.01. The highest BCUT2D eigenvalue weighted by Crippen LogP contribution is 1.89. The van der Waals surface area contributed by atoms with E-state index in [1.807, 2.05) is 6.92 Å². The molecule has 0 spiro atoms. The van der Waals surface area contributed by atoms with E-state index in [1.54, 1.807) is 6.92 Å². The molecule has 15 heavy (non-hydrogen) atoms. The van der Waals surface area contributed by atoms with Gasteiger partial charge in [0.15, 0.2) is 10.2 Å². The van der Waals surface area contributed by atoms with Crippen molar-refractivity contribution >= 4 is 46.1 Å². The number of nitrogens with one attached hydrogen (secondary N) is 2. The molecule has 0 saturated heterocycles. The van der Waals surface area contributed by atoms with E-state index in [9.17, 15) is 0 Å². The molecule has 6 N–H and O–H groups in total. The summed E-state index contributed by atoms with van der Waals surface area (Å²) in [4.78, 5) is 0. The summed E-state index contributed by atoms with van der Waals surface area (Å²) in [7, 11) is 0. The number of thiocarbonyl (C=S) groups is 2. The molecule has 0 unspecified atom stereocenters. The van der Waals surface area contributed by atoms with Gasteiger partial charge < -0.3 is 11.5 Å². The Hall–Kier alpha value is -1.28. The normalized spacial score (nSPS) is 12.1. The Bertz CT molecular complexity index is 309. The van der Waals surface area contributed by atoms with Crippen LogP contribution in [0.4, 0.5) is 0 Å². The van der Waals surface area contributed by atoms with Gasteiger partial charge in [-0.2, -0.15) is 10.2 Å². The molecule has 0 saturated carbocycles. The van der Waals surface area contributed by atoms with Gasteiger partial charge in [0, 0.05) is 0 Å². The van der Waals surface area contributed by atoms with Gasteiger partial charge in [-0.3, -0.25) is 10.9 Å². The highest BCUT2D eigenvalue weighted by atomic mass is 32.1. The van der Waals surface area contributed by atoms with E-state index in [0.717, 1.165) is 0 Å². The minimum Gasteiger partial charge on any atom is -0.375 e. The maximum Gasteiger partial charge on any atom is 0.184 e. The van der Waals surface area contributed by atoms with Gasteiger partial charge >= 0.3 is 0 Å². The third-order valence-electron chi connectivity index (χ3n) is 1.39. The van der Waals surface area contributed by atoms with Crippen LogP contribution >= 0.6 is 24.4 Å². The monoisotopic (exact) mass is 246 g/mol. The van der Waals surface area contributed by atoms with E-state index >= 15 is 0 Å². The number of rotatable bonds is 4. The van der Waals surface area contributed by atoms with Gasteiger partial charge in [-0.1, -0.05) is 6.92 Å². The van der Waals surface area contributed by atoms with Gasteiger partial charge in [-0.05, 0) is 37.8 Å². The Kier molecular flexibility index (Phi) is 6.47. The van der Waals surface area contributed by atoms with E-state index < -0.39 is 0 Å². The smallest absolute Gasteiger partial charge is 0.184 e. The zero-order valence-electron chi connectivity index (χ0n) is 8.57. The lowest BCUT2D eigenvalue weighted by Crippen LogP contribution is -2.29. The summed E-state index contributed by atoms with van der Waals surface area (Å²) in [5.74, 6) is 0. The molecule has 0 bridgehead atoms.